The van der Waals surface area contributed by atoms with Crippen molar-refractivity contribution in [2.75, 3.05) is 7.05 Å². The van der Waals surface area contributed by atoms with Crippen molar-refractivity contribution in [1.82, 2.24) is 4.90 Å². The molecule has 0 fully saturated rings. The number of fused-ring (bicyclic) bond motifs is 1. The average Bonchev–Trinajstić information content (AvgIpc) is 2.53. The highest BCUT2D eigenvalue weighted by Crippen LogP contribution is 2.26. The highest BCUT2D eigenvalue weighted by Gasteiger charge is 2.24. The van der Waals surface area contributed by atoms with Crippen LogP contribution in [0.15, 0.2) is 18.2 Å². The number of hydrogen-bond acceptors (Lipinski definition) is 1. The number of carbonyl (C=O) groups is 1. The lowest BCUT2D eigenvalue weighted by Gasteiger charge is -2.09. The molecule has 2 nitrogen and oxygen atoms in total. The minimum absolute atomic E-state index is 0.153. The van der Waals surface area contributed by atoms with Gasteiger partial charge in [0.1, 0.15) is 0 Å². The summed E-state index contributed by atoms with van der Waals surface area (Å²) in [7, 11) is 1.85. The van der Waals surface area contributed by atoms with Crippen LogP contribution in [0.2, 0.25) is 0 Å². The molecular weight excluding hydrogens is 186 g/mol. The number of amides is 1. The molecule has 1 aromatic rings. The van der Waals surface area contributed by atoms with Gasteiger partial charge in [0.05, 0.1) is 0 Å². The van der Waals surface area contributed by atoms with E-state index in [1.165, 1.54) is 11.1 Å². The number of nitrogens with zero attached hydrogens (tertiary/aromatic N) is 1. The topological polar surface area (TPSA) is 20.3 Å². The first-order valence-electron chi connectivity index (χ1n) is 5.51. The molecule has 0 spiro atoms. The second kappa shape index (κ2) is 3.69. The van der Waals surface area contributed by atoms with Gasteiger partial charge < -0.3 is 4.90 Å². The molecule has 1 atom stereocenters. The molecule has 0 aliphatic carbocycles. The van der Waals surface area contributed by atoms with Gasteiger partial charge in [-0.15, -0.1) is 0 Å². The first-order valence-corrected chi connectivity index (χ1v) is 5.51. The van der Waals surface area contributed by atoms with Crippen molar-refractivity contribution >= 4 is 5.91 Å². The molecule has 80 valence electrons. The summed E-state index contributed by atoms with van der Waals surface area (Å²) in [5.41, 5.74) is 3.41. The van der Waals surface area contributed by atoms with Crippen molar-refractivity contribution in [2.45, 2.75) is 32.7 Å². The van der Waals surface area contributed by atoms with E-state index >= 15 is 0 Å². The van der Waals surface area contributed by atoms with Gasteiger partial charge in [-0.3, -0.25) is 4.79 Å². The molecule has 0 saturated heterocycles. The molecular formula is C13H17NO. The molecule has 2 rings (SSSR count). The van der Waals surface area contributed by atoms with Gasteiger partial charge in [0, 0.05) is 19.2 Å². The third-order valence-electron chi connectivity index (χ3n) is 3.30. The normalized spacial score (nSPS) is 16.7. The van der Waals surface area contributed by atoms with E-state index in [9.17, 15) is 4.79 Å². The highest BCUT2D eigenvalue weighted by atomic mass is 16.2. The maximum absolute atomic E-state index is 11.7. The summed E-state index contributed by atoms with van der Waals surface area (Å²) >= 11 is 0. The van der Waals surface area contributed by atoms with E-state index in [4.69, 9.17) is 0 Å². The molecule has 0 N–H and O–H groups in total. The molecule has 1 aliphatic heterocycles. The Morgan fingerprint density at radius 1 is 1.47 bits per heavy atom. The van der Waals surface area contributed by atoms with Gasteiger partial charge in [0.15, 0.2) is 0 Å². The van der Waals surface area contributed by atoms with Gasteiger partial charge in [-0.25, -0.2) is 0 Å². The smallest absolute Gasteiger partial charge is 0.254 e. The molecule has 1 amide bonds. The summed E-state index contributed by atoms with van der Waals surface area (Å²) < 4.78 is 0. The average molecular weight is 203 g/mol. The van der Waals surface area contributed by atoms with E-state index in [0.717, 1.165) is 18.5 Å². The Bertz CT molecular complexity index is 398. The Kier molecular flexibility index (Phi) is 2.51. The Hall–Kier alpha value is -1.31. The minimum atomic E-state index is 0.153. The number of hydrogen-bond donors (Lipinski definition) is 0. The number of carbonyl (C=O) groups excluding carboxylic acids is 1. The summed E-state index contributed by atoms with van der Waals surface area (Å²) in [6.07, 6.45) is 1.14. The maximum atomic E-state index is 11.7. The molecule has 1 heterocycles. The number of rotatable bonds is 2. The predicted molar refractivity (Wildman–Crippen MR) is 60.9 cm³/mol. The van der Waals surface area contributed by atoms with Crippen LogP contribution in [-0.2, 0) is 6.54 Å². The van der Waals surface area contributed by atoms with Crippen LogP contribution in [0.4, 0.5) is 0 Å². The summed E-state index contributed by atoms with van der Waals surface area (Å²) in [6, 6.07) is 6.25. The fourth-order valence-corrected chi connectivity index (χ4v) is 2.03. The van der Waals surface area contributed by atoms with Crippen molar-refractivity contribution in [2.24, 2.45) is 0 Å². The Balaban J connectivity index is 2.37. The van der Waals surface area contributed by atoms with Crippen LogP contribution in [0.1, 0.15) is 47.7 Å². The van der Waals surface area contributed by atoms with Crippen LogP contribution in [-0.4, -0.2) is 17.9 Å². The third kappa shape index (κ3) is 1.65. The standard InChI is InChI=1S/C13H17NO/c1-4-9(2)10-5-6-12-11(7-10)8-14(3)13(12)15/h5-7,9H,4,8H2,1-3H3. The Morgan fingerprint density at radius 3 is 2.87 bits per heavy atom. The van der Waals surface area contributed by atoms with Crippen molar-refractivity contribution in [3.05, 3.63) is 34.9 Å². The van der Waals surface area contributed by atoms with Gasteiger partial charge in [-0.1, -0.05) is 26.0 Å². The van der Waals surface area contributed by atoms with Crippen LogP contribution < -0.4 is 0 Å². The van der Waals surface area contributed by atoms with Crippen molar-refractivity contribution in [3.63, 3.8) is 0 Å². The van der Waals surface area contributed by atoms with Gasteiger partial charge in [0.25, 0.3) is 5.91 Å². The van der Waals surface area contributed by atoms with E-state index in [1.807, 2.05) is 13.1 Å². The molecule has 0 radical (unpaired) electrons. The van der Waals surface area contributed by atoms with Crippen LogP contribution >= 0.6 is 0 Å². The molecule has 0 saturated carbocycles. The molecule has 1 unspecified atom stereocenters. The third-order valence-corrected chi connectivity index (χ3v) is 3.30. The first kappa shape index (κ1) is 10.2. The van der Waals surface area contributed by atoms with Crippen LogP contribution in [0.3, 0.4) is 0 Å². The van der Waals surface area contributed by atoms with E-state index < -0.39 is 0 Å². The van der Waals surface area contributed by atoms with E-state index in [1.54, 1.807) is 4.90 Å². The summed E-state index contributed by atoms with van der Waals surface area (Å²) in [4.78, 5) is 13.4. The van der Waals surface area contributed by atoms with E-state index in [0.29, 0.717) is 5.92 Å². The second-order valence-corrected chi connectivity index (χ2v) is 4.39. The lowest BCUT2D eigenvalue weighted by molar-refractivity contribution is 0.0816. The maximum Gasteiger partial charge on any atom is 0.254 e. The Morgan fingerprint density at radius 2 is 2.20 bits per heavy atom. The lowest BCUT2D eigenvalue weighted by atomic mass is 9.95. The zero-order valence-electron chi connectivity index (χ0n) is 9.58. The van der Waals surface area contributed by atoms with Crippen molar-refractivity contribution in [3.8, 4) is 0 Å². The zero-order chi connectivity index (χ0) is 11.0. The largest absolute Gasteiger partial charge is 0.337 e. The van der Waals surface area contributed by atoms with Gasteiger partial charge in [-0.2, -0.15) is 0 Å². The fourth-order valence-electron chi connectivity index (χ4n) is 2.03. The molecule has 0 aromatic heterocycles. The summed E-state index contributed by atoms with van der Waals surface area (Å²) in [6.45, 7) is 5.18. The van der Waals surface area contributed by atoms with Crippen LogP contribution in [0, 0.1) is 0 Å². The summed E-state index contributed by atoms with van der Waals surface area (Å²) in [5, 5.41) is 0. The van der Waals surface area contributed by atoms with Crippen LogP contribution in [0.25, 0.3) is 0 Å². The van der Waals surface area contributed by atoms with Gasteiger partial charge >= 0.3 is 0 Å². The first-order chi connectivity index (χ1) is 7.13. The van der Waals surface area contributed by atoms with Crippen molar-refractivity contribution < 1.29 is 4.79 Å². The molecule has 1 aromatic carbocycles. The van der Waals surface area contributed by atoms with E-state index in [-0.39, 0.29) is 5.91 Å². The molecule has 1 aliphatic rings. The monoisotopic (exact) mass is 203 g/mol. The lowest BCUT2D eigenvalue weighted by Crippen LogP contribution is -2.17. The summed E-state index contributed by atoms with van der Waals surface area (Å²) in [5.74, 6) is 0.733. The molecule has 15 heavy (non-hydrogen) atoms. The number of benzene rings is 1. The molecule has 2 heteroatoms. The fraction of sp³-hybridized carbons (Fsp3) is 0.462. The quantitative estimate of drug-likeness (QED) is 0.723. The van der Waals surface area contributed by atoms with Crippen LogP contribution in [0.5, 0.6) is 0 Å². The minimum Gasteiger partial charge on any atom is -0.337 e. The highest BCUT2D eigenvalue weighted by molar-refractivity contribution is 5.98. The SMILES string of the molecule is CCC(C)c1ccc2c(c1)CN(C)C2=O. The van der Waals surface area contributed by atoms with E-state index in [2.05, 4.69) is 26.0 Å². The van der Waals surface area contributed by atoms with Gasteiger partial charge in [0.2, 0.25) is 0 Å². The predicted octanol–water partition coefficient (Wildman–Crippen LogP) is 2.79. The van der Waals surface area contributed by atoms with Gasteiger partial charge in [-0.05, 0) is 29.5 Å². The second-order valence-electron chi connectivity index (χ2n) is 4.39. The van der Waals surface area contributed by atoms with Crippen molar-refractivity contribution in [1.29, 1.82) is 0 Å². The molecule has 0 bridgehead atoms. The Labute approximate surface area is 90.9 Å². The zero-order valence-corrected chi connectivity index (χ0v) is 9.58.